The topological polar surface area (TPSA) is 64.3 Å². The van der Waals surface area contributed by atoms with Crippen molar-refractivity contribution < 1.29 is 4.79 Å². The second kappa shape index (κ2) is 9.47. The normalized spacial score (nSPS) is 19.3. The number of halogens is 2. The zero-order chi connectivity index (χ0) is 20.5. The number of nitrogens with zero attached hydrogens (tertiary/aromatic N) is 3. The largest absolute Gasteiger partial charge is 0.368 e. The second-order valence-corrected chi connectivity index (χ2v) is 8.49. The van der Waals surface area contributed by atoms with E-state index in [0.717, 1.165) is 73.7 Å². The first-order chi connectivity index (χ1) is 14.7. The van der Waals surface area contributed by atoms with Gasteiger partial charge in [-0.15, -0.1) is 12.4 Å². The molecule has 0 saturated carbocycles. The molecule has 2 aliphatic heterocycles. The number of benzene rings is 2. The Labute approximate surface area is 193 Å². The quantitative estimate of drug-likeness (QED) is 0.618. The van der Waals surface area contributed by atoms with Crippen molar-refractivity contribution in [3.05, 3.63) is 47.5 Å². The van der Waals surface area contributed by atoms with E-state index in [-0.39, 0.29) is 24.4 Å². The molecule has 2 fully saturated rings. The number of aromatic nitrogens is 2. The van der Waals surface area contributed by atoms with Crippen LogP contribution in [0.1, 0.15) is 19.3 Å². The number of amides is 1. The van der Waals surface area contributed by atoms with Gasteiger partial charge in [-0.2, -0.15) is 0 Å². The first kappa shape index (κ1) is 21.9. The third-order valence-electron chi connectivity index (χ3n) is 6.16. The van der Waals surface area contributed by atoms with Gasteiger partial charge in [-0.25, -0.2) is 4.98 Å². The summed E-state index contributed by atoms with van der Waals surface area (Å²) in [6.45, 7) is 4.09. The number of imidazole rings is 1. The van der Waals surface area contributed by atoms with Gasteiger partial charge in [-0.1, -0.05) is 30.2 Å². The minimum absolute atomic E-state index is 0. The first-order valence-electron chi connectivity index (χ1n) is 10.7. The van der Waals surface area contributed by atoms with Crippen LogP contribution in [0.4, 0.5) is 5.69 Å². The molecule has 2 aromatic carbocycles. The highest BCUT2D eigenvalue weighted by molar-refractivity contribution is 6.33. The molecule has 2 aliphatic rings. The Morgan fingerprint density at radius 1 is 1.06 bits per heavy atom. The van der Waals surface area contributed by atoms with Gasteiger partial charge in [0.25, 0.3) is 0 Å². The standard InChI is InChI=1S/C23H26ClN5O.ClH/c24-18-9-8-16(15-17(18)22-26-19-5-1-2-6-20(19)27-22)28-11-13-29(14-12-28)23(30)21-7-3-4-10-25-21;/h1-2,5-6,8-9,15,21,25H,3-4,7,10-14H2,(H,26,27);1H/t21-;/m1./s1. The van der Waals surface area contributed by atoms with Crippen LogP contribution in [-0.2, 0) is 4.79 Å². The van der Waals surface area contributed by atoms with Gasteiger partial charge in [0, 0.05) is 37.4 Å². The third kappa shape index (κ3) is 4.52. The summed E-state index contributed by atoms with van der Waals surface area (Å²) in [4.78, 5) is 25.2. The highest BCUT2D eigenvalue weighted by Gasteiger charge is 2.28. The Kier molecular flexibility index (Phi) is 6.70. The summed E-state index contributed by atoms with van der Waals surface area (Å²) in [6, 6.07) is 14.1. The Balaban J connectivity index is 0.00000231. The zero-order valence-corrected chi connectivity index (χ0v) is 18.9. The molecule has 3 aromatic rings. The van der Waals surface area contributed by atoms with Crippen molar-refractivity contribution >= 4 is 46.6 Å². The molecule has 2 saturated heterocycles. The van der Waals surface area contributed by atoms with E-state index < -0.39 is 0 Å². The molecule has 6 nitrogen and oxygen atoms in total. The van der Waals surface area contributed by atoms with Gasteiger partial charge in [0.1, 0.15) is 5.82 Å². The lowest BCUT2D eigenvalue weighted by Gasteiger charge is -2.38. The second-order valence-electron chi connectivity index (χ2n) is 8.08. The van der Waals surface area contributed by atoms with Gasteiger partial charge in [0.2, 0.25) is 5.91 Å². The minimum Gasteiger partial charge on any atom is -0.368 e. The molecule has 8 heteroatoms. The molecule has 0 unspecified atom stereocenters. The maximum Gasteiger partial charge on any atom is 0.239 e. The predicted molar refractivity (Wildman–Crippen MR) is 128 cm³/mol. The smallest absolute Gasteiger partial charge is 0.239 e. The van der Waals surface area contributed by atoms with Crippen molar-refractivity contribution in [2.45, 2.75) is 25.3 Å². The summed E-state index contributed by atoms with van der Waals surface area (Å²) in [5, 5.41) is 4.05. The summed E-state index contributed by atoms with van der Waals surface area (Å²) >= 11 is 6.51. The van der Waals surface area contributed by atoms with Gasteiger partial charge >= 0.3 is 0 Å². The van der Waals surface area contributed by atoms with Crippen molar-refractivity contribution in [1.82, 2.24) is 20.2 Å². The molecule has 5 rings (SSSR count). The van der Waals surface area contributed by atoms with Crippen molar-refractivity contribution in [1.29, 1.82) is 0 Å². The number of rotatable bonds is 3. The summed E-state index contributed by atoms with van der Waals surface area (Å²) < 4.78 is 0. The summed E-state index contributed by atoms with van der Waals surface area (Å²) in [7, 11) is 0. The number of carbonyl (C=O) groups excluding carboxylic acids is 1. The van der Waals surface area contributed by atoms with E-state index in [1.807, 2.05) is 35.2 Å². The van der Waals surface area contributed by atoms with Crippen LogP contribution in [0.2, 0.25) is 5.02 Å². The molecule has 0 bridgehead atoms. The van der Waals surface area contributed by atoms with E-state index in [0.29, 0.717) is 5.02 Å². The molecule has 1 aromatic heterocycles. The van der Waals surface area contributed by atoms with Gasteiger partial charge in [-0.3, -0.25) is 4.79 Å². The minimum atomic E-state index is 0. The fraction of sp³-hybridized carbons (Fsp3) is 0.391. The Morgan fingerprint density at radius 2 is 1.87 bits per heavy atom. The molecule has 1 atom stereocenters. The first-order valence-corrected chi connectivity index (χ1v) is 11.1. The average molecular weight is 460 g/mol. The lowest BCUT2D eigenvalue weighted by Crippen LogP contribution is -2.55. The van der Waals surface area contributed by atoms with Crippen LogP contribution in [-0.4, -0.2) is 59.5 Å². The summed E-state index contributed by atoms with van der Waals surface area (Å²) in [6.07, 6.45) is 3.26. The number of piperazine rings is 1. The Bertz CT molecular complexity index is 1020. The van der Waals surface area contributed by atoms with Crippen LogP contribution >= 0.6 is 24.0 Å². The molecule has 164 valence electrons. The number of hydrogen-bond donors (Lipinski definition) is 2. The summed E-state index contributed by atoms with van der Waals surface area (Å²) in [5.41, 5.74) is 3.93. The SMILES string of the molecule is Cl.O=C([C@H]1CCCCN1)N1CCN(c2ccc(Cl)c(-c3nc4ccccc4[nH]3)c2)CC1. The molecule has 3 heterocycles. The van der Waals surface area contributed by atoms with Crippen LogP contribution < -0.4 is 10.2 Å². The molecule has 0 spiro atoms. The van der Waals surface area contributed by atoms with E-state index in [2.05, 4.69) is 27.3 Å². The Hall–Kier alpha value is -2.28. The van der Waals surface area contributed by atoms with Crippen LogP contribution in [0.3, 0.4) is 0 Å². The number of para-hydroxylation sites is 2. The van der Waals surface area contributed by atoms with E-state index >= 15 is 0 Å². The fourth-order valence-corrected chi connectivity index (χ4v) is 4.65. The molecule has 31 heavy (non-hydrogen) atoms. The van der Waals surface area contributed by atoms with Crippen molar-refractivity contribution in [3.63, 3.8) is 0 Å². The molecule has 2 N–H and O–H groups in total. The maximum absolute atomic E-state index is 12.8. The highest BCUT2D eigenvalue weighted by Crippen LogP contribution is 2.32. The predicted octanol–water partition coefficient (Wildman–Crippen LogP) is 4.10. The lowest BCUT2D eigenvalue weighted by atomic mass is 10.0. The molecule has 0 radical (unpaired) electrons. The van der Waals surface area contributed by atoms with Crippen LogP contribution in [0, 0.1) is 0 Å². The molecular formula is C23H27Cl2N5O. The summed E-state index contributed by atoms with van der Waals surface area (Å²) in [5.74, 6) is 1.04. The molecular weight excluding hydrogens is 433 g/mol. The van der Waals surface area contributed by atoms with Crippen molar-refractivity contribution in [2.24, 2.45) is 0 Å². The number of hydrogen-bond acceptors (Lipinski definition) is 4. The van der Waals surface area contributed by atoms with E-state index in [9.17, 15) is 4.79 Å². The van der Waals surface area contributed by atoms with Crippen molar-refractivity contribution in [2.75, 3.05) is 37.6 Å². The van der Waals surface area contributed by atoms with Crippen LogP contribution in [0.15, 0.2) is 42.5 Å². The number of aromatic amines is 1. The highest BCUT2D eigenvalue weighted by atomic mass is 35.5. The number of nitrogens with one attached hydrogen (secondary N) is 2. The lowest BCUT2D eigenvalue weighted by molar-refractivity contribution is -0.134. The third-order valence-corrected chi connectivity index (χ3v) is 6.49. The van der Waals surface area contributed by atoms with E-state index in [1.54, 1.807) is 0 Å². The van der Waals surface area contributed by atoms with Gasteiger partial charge < -0.3 is 20.1 Å². The molecule has 0 aliphatic carbocycles. The van der Waals surface area contributed by atoms with Gasteiger partial charge in [0.05, 0.1) is 22.1 Å². The number of piperidine rings is 1. The zero-order valence-electron chi connectivity index (χ0n) is 17.3. The fourth-order valence-electron chi connectivity index (χ4n) is 4.44. The number of H-pyrrole nitrogens is 1. The van der Waals surface area contributed by atoms with Crippen molar-refractivity contribution in [3.8, 4) is 11.4 Å². The van der Waals surface area contributed by atoms with Crippen LogP contribution in [0.25, 0.3) is 22.4 Å². The average Bonchev–Trinajstić information content (AvgIpc) is 3.24. The van der Waals surface area contributed by atoms with Gasteiger partial charge in [0.15, 0.2) is 0 Å². The monoisotopic (exact) mass is 459 g/mol. The maximum atomic E-state index is 12.8. The van der Waals surface area contributed by atoms with Gasteiger partial charge in [-0.05, 0) is 49.7 Å². The Morgan fingerprint density at radius 3 is 2.61 bits per heavy atom. The number of anilines is 1. The van der Waals surface area contributed by atoms with E-state index in [4.69, 9.17) is 16.6 Å². The number of carbonyl (C=O) groups is 1. The number of fused-ring (bicyclic) bond motifs is 1. The molecule has 1 amide bonds. The van der Waals surface area contributed by atoms with Crippen LogP contribution in [0.5, 0.6) is 0 Å². The van der Waals surface area contributed by atoms with E-state index in [1.165, 1.54) is 6.42 Å².